The second-order valence-corrected chi connectivity index (χ2v) is 10.2. The van der Waals surface area contributed by atoms with E-state index in [4.69, 9.17) is 9.72 Å². The Kier molecular flexibility index (Phi) is 7.24. The summed E-state index contributed by atoms with van der Waals surface area (Å²) in [7, 11) is 0. The van der Waals surface area contributed by atoms with Gasteiger partial charge in [-0.15, -0.1) is 11.8 Å². The molecule has 1 fully saturated rings. The number of alkyl halides is 3. The van der Waals surface area contributed by atoms with Crippen molar-refractivity contribution in [3.8, 4) is 16.5 Å². The van der Waals surface area contributed by atoms with E-state index in [-0.39, 0.29) is 0 Å². The molecule has 0 unspecified atom stereocenters. The quantitative estimate of drug-likeness (QED) is 0.270. The minimum Gasteiger partial charge on any atom is -0.470 e. The van der Waals surface area contributed by atoms with Crippen molar-refractivity contribution in [2.24, 2.45) is 5.92 Å². The van der Waals surface area contributed by atoms with E-state index in [1.54, 1.807) is 11.8 Å². The SMILES string of the molecule is CSc1ccc(-c2ccc3nc(OCCC4CCN(c5ncc(C(F)(F)F)cn5)CC4)sc3n2)cn1. The Morgan fingerprint density at radius 1 is 1.03 bits per heavy atom. The van der Waals surface area contributed by atoms with Gasteiger partial charge in [-0.2, -0.15) is 13.2 Å². The van der Waals surface area contributed by atoms with Crippen LogP contribution in [0.25, 0.3) is 21.6 Å². The molecule has 0 radical (unpaired) electrons. The van der Waals surface area contributed by atoms with Crippen molar-refractivity contribution in [1.29, 1.82) is 0 Å². The van der Waals surface area contributed by atoms with Gasteiger partial charge in [0.15, 0.2) is 0 Å². The molecule has 188 valence electrons. The van der Waals surface area contributed by atoms with Gasteiger partial charge in [-0.3, -0.25) is 0 Å². The summed E-state index contributed by atoms with van der Waals surface area (Å²) >= 11 is 3.03. The normalized spacial score (nSPS) is 14.9. The molecule has 5 rings (SSSR count). The number of fused-ring (bicyclic) bond motifs is 1. The van der Waals surface area contributed by atoms with Gasteiger partial charge in [0, 0.05) is 37.2 Å². The van der Waals surface area contributed by atoms with Gasteiger partial charge in [0.05, 0.1) is 22.9 Å². The Balaban J connectivity index is 1.11. The van der Waals surface area contributed by atoms with Crippen molar-refractivity contribution in [3.05, 3.63) is 48.4 Å². The van der Waals surface area contributed by atoms with Gasteiger partial charge in [0.2, 0.25) is 5.95 Å². The number of hydrogen-bond donors (Lipinski definition) is 0. The van der Waals surface area contributed by atoms with Crippen molar-refractivity contribution in [1.82, 2.24) is 24.9 Å². The number of nitrogens with zero attached hydrogens (tertiary/aromatic N) is 6. The standard InChI is InChI=1S/C24H23F3N6OS2/c1-35-20-5-2-16(12-28-20)18-3-4-19-21(31-18)36-23(32-19)34-11-8-15-6-9-33(10-7-15)22-29-13-17(14-30-22)24(25,26)27/h2-5,12-15H,6-11H2,1H3. The minimum atomic E-state index is -4.43. The van der Waals surface area contributed by atoms with Gasteiger partial charge in [-0.25, -0.2) is 24.9 Å². The lowest BCUT2D eigenvalue weighted by molar-refractivity contribution is -0.138. The molecule has 0 aromatic carbocycles. The zero-order valence-electron chi connectivity index (χ0n) is 19.4. The largest absolute Gasteiger partial charge is 0.470 e. The number of halogens is 3. The molecular weight excluding hydrogens is 509 g/mol. The highest BCUT2D eigenvalue weighted by Crippen LogP contribution is 2.31. The topological polar surface area (TPSA) is 76.9 Å². The maximum Gasteiger partial charge on any atom is 0.419 e. The van der Waals surface area contributed by atoms with E-state index < -0.39 is 11.7 Å². The molecule has 36 heavy (non-hydrogen) atoms. The summed E-state index contributed by atoms with van der Waals surface area (Å²) in [5, 5.41) is 1.56. The molecule has 1 saturated heterocycles. The van der Waals surface area contributed by atoms with Crippen LogP contribution in [-0.2, 0) is 6.18 Å². The van der Waals surface area contributed by atoms with E-state index in [0.29, 0.717) is 36.8 Å². The van der Waals surface area contributed by atoms with Crippen molar-refractivity contribution in [2.75, 3.05) is 30.9 Å². The highest BCUT2D eigenvalue weighted by molar-refractivity contribution is 7.98. The number of piperidine rings is 1. The monoisotopic (exact) mass is 532 g/mol. The molecule has 4 aromatic heterocycles. The maximum atomic E-state index is 12.7. The maximum absolute atomic E-state index is 12.7. The molecule has 0 atom stereocenters. The summed E-state index contributed by atoms with van der Waals surface area (Å²) < 4.78 is 44.1. The van der Waals surface area contributed by atoms with Gasteiger partial charge in [0.25, 0.3) is 5.19 Å². The van der Waals surface area contributed by atoms with Gasteiger partial charge in [-0.05, 0) is 55.7 Å². The summed E-state index contributed by atoms with van der Waals surface area (Å²) in [6, 6.07) is 7.88. The van der Waals surface area contributed by atoms with Crippen LogP contribution >= 0.6 is 23.1 Å². The zero-order valence-corrected chi connectivity index (χ0v) is 21.0. The van der Waals surface area contributed by atoms with E-state index in [9.17, 15) is 13.2 Å². The molecule has 0 saturated carbocycles. The van der Waals surface area contributed by atoms with Crippen molar-refractivity contribution in [3.63, 3.8) is 0 Å². The fourth-order valence-electron chi connectivity index (χ4n) is 4.04. The number of anilines is 1. The average Bonchev–Trinajstić information content (AvgIpc) is 3.31. The minimum absolute atomic E-state index is 0.343. The van der Waals surface area contributed by atoms with E-state index in [1.165, 1.54) is 11.3 Å². The number of aromatic nitrogens is 5. The highest BCUT2D eigenvalue weighted by atomic mass is 32.2. The first-order valence-corrected chi connectivity index (χ1v) is 13.5. The molecule has 4 aromatic rings. The second kappa shape index (κ2) is 10.6. The molecule has 5 heterocycles. The zero-order chi connectivity index (χ0) is 25.1. The summed E-state index contributed by atoms with van der Waals surface area (Å²) in [5.41, 5.74) is 1.78. The van der Waals surface area contributed by atoms with E-state index >= 15 is 0 Å². The van der Waals surface area contributed by atoms with E-state index in [2.05, 4.69) is 19.9 Å². The Morgan fingerprint density at radius 3 is 2.47 bits per heavy atom. The first-order valence-electron chi connectivity index (χ1n) is 11.4. The molecule has 12 heteroatoms. The Bertz CT molecular complexity index is 1310. The smallest absolute Gasteiger partial charge is 0.419 e. The van der Waals surface area contributed by atoms with Crippen LogP contribution in [0.3, 0.4) is 0 Å². The van der Waals surface area contributed by atoms with Crippen LogP contribution in [0.4, 0.5) is 19.1 Å². The van der Waals surface area contributed by atoms with Crippen molar-refractivity contribution in [2.45, 2.75) is 30.5 Å². The first kappa shape index (κ1) is 24.7. The fraction of sp³-hybridized carbons (Fsp3) is 0.375. The molecule has 1 aliphatic rings. The first-order chi connectivity index (χ1) is 17.4. The second-order valence-electron chi connectivity index (χ2n) is 8.43. The van der Waals surface area contributed by atoms with Crippen molar-refractivity contribution < 1.29 is 17.9 Å². The fourth-order valence-corrected chi connectivity index (χ4v) is 5.21. The average molecular weight is 533 g/mol. The predicted molar refractivity (Wildman–Crippen MR) is 135 cm³/mol. The van der Waals surface area contributed by atoms with Crippen LogP contribution in [0.2, 0.25) is 0 Å². The third kappa shape index (κ3) is 5.70. The number of thiazole rings is 1. The Morgan fingerprint density at radius 2 is 1.81 bits per heavy atom. The molecule has 0 bridgehead atoms. The van der Waals surface area contributed by atoms with Crippen LogP contribution in [0.1, 0.15) is 24.8 Å². The number of ether oxygens (including phenoxy) is 1. The number of thioether (sulfide) groups is 1. The molecule has 0 amide bonds. The Hall–Kier alpha value is -2.99. The van der Waals surface area contributed by atoms with Gasteiger partial charge >= 0.3 is 6.18 Å². The number of rotatable bonds is 7. The number of pyridine rings is 2. The van der Waals surface area contributed by atoms with Crippen molar-refractivity contribution >= 4 is 39.4 Å². The van der Waals surface area contributed by atoms with E-state index in [1.807, 2.05) is 41.6 Å². The highest BCUT2D eigenvalue weighted by Gasteiger charge is 2.32. The third-order valence-corrected chi connectivity index (χ3v) is 7.63. The molecule has 0 spiro atoms. The summed E-state index contributed by atoms with van der Waals surface area (Å²) in [4.78, 5) is 24.2. The van der Waals surface area contributed by atoms with Gasteiger partial charge in [0.1, 0.15) is 10.3 Å². The summed E-state index contributed by atoms with van der Waals surface area (Å²) in [6.45, 7) is 1.96. The molecule has 1 aliphatic heterocycles. The Labute approximate surface area is 214 Å². The molecule has 7 nitrogen and oxygen atoms in total. The number of hydrogen-bond acceptors (Lipinski definition) is 9. The van der Waals surface area contributed by atoms with Crippen LogP contribution in [-0.4, -0.2) is 50.9 Å². The van der Waals surface area contributed by atoms with Crippen LogP contribution in [0, 0.1) is 5.92 Å². The summed E-state index contributed by atoms with van der Waals surface area (Å²) in [6.07, 6.45) is 3.77. The lowest BCUT2D eigenvalue weighted by atomic mass is 9.94. The summed E-state index contributed by atoms with van der Waals surface area (Å²) in [5.74, 6) is 0.807. The lowest BCUT2D eigenvalue weighted by Crippen LogP contribution is -2.35. The lowest BCUT2D eigenvalue weighted by Gasteiger charge is -2.31. The van der Waals surface area contributed by atoms with Crippen LogP contribution in [0.5, 0.6) is 5.19 Å². The van der Waals surface area contributed by atoms with Gasteiger partial charge < -0.3 is 9.64 Å². The predicted octanol–water partition coefficient (Wildman–Crippen LogP) is 5.97. The molecule has 0 N–H and O–H groups in total. The molecular formula is C24H23F3N6OS2. The third-order valence-electron chi connectivity index (χ3n) is 6.09. The van der Waals surface area contributed by atoms with Crippen LogP contribution in [0.15, 0.2) is 47.9 Å². The van der Waals surface area contributed by atoms with E-state index in [0.717, 1.165) is 58.3 Å². The molecule has 0 aliphatic carbocycles. The van der Waals surface area contributed by atoms with Crippen LogP contribution < -0.4 is 9.64 Å². The van der Waals surface area contributed by atoms with Gasteiger partial charge in [-0.1, -0.05) is 11.3 Å².